The second-order valence-electron chi connectivity index (χ2n) is 4.72. The lowest BCUT2D eigenvalue weighted by molar-refractivity contribution is -0.119. The number of benzene rings is 2. The van der Waals surface area contributed by atoms with Crippen LogP contribution < -0.4 is 10.2 Å². The molecule has 1 N–H and O–H groups in total. The van der Waals surface area contributed by atoms with E-state index >= 15 is 0 Å². The SMILES string of the molecule is CCN(CC(=O)NCc1ccccc1Cl)c1ccccc1. The topological polar surface area (TPSA) is 32.3 Å². The number of nitrogens with zero attached hydrogens (tertiary/aromatic N) is 1. The summed E-state index contributed by atoms with van der Waals surface area (Å²) >= 11 is 6.07. The maximum absolute atomic E-state index is 12.1. The molecule has 0 aromatic heterocycles. The van der Waals surface area contributed by atoms with E-state index in [1.165, 1.54) is 0 Å². The molecule has 110 valence electrons. The third-order valence-corrected chi connectivity index (χ3v) is 3.64. The number of halogens is 1. The van der Waals surface area contributed by atoms with Crippen LogP contribution in [0, 0.1) is 0 Å². The molecule has 0 heterocycles. The number of nitrogens with one attached hydrogen (secondary N) is 1. The molecular formula is C17H19ClN2O. The first-order valence-electron chi connectivity index (χ1n) is 7.00. The molecular weight excluding hydrogens is 284 g/mol. The highest BCUT2D eigenvalue weighted by molar-refractivity contribution is 6.31. The molecule has 2 rings (SSSR count). The van der Waals surface area contributed by atoms with Crippen molar-refractivity contribution < 1.29 is 4.79 Å². The summed E-state index contributed by atoms with van der Waals surface area (Å²) in [7, 11) is 0. The molecule has 3 nitrogen and oxygen atoms in total. The van der Waals surface area contributed by atoms with Gasteiger partial charge in [-0.1, -0.05) is 48.0 Å². The number of rotatable bonds is 6. The van der Waals surface area contributed by atoms with Crippen LogP contribution in [0.15, 0.2) is 54.6 Å². The van der Waals surface area contributed by atoms with E-state index in [0.29, 0.717) is 18.1 Å². The van der Waals surface area contributed by atoms with Gasteiger partial charge in [-0.25, -0.2) is 0 Å². The van der Waals surface area contributed by atoms with Crippen LogP contribution in [0.25, 0.3) is 0 Å². The van der Waals surface area contributed by atoms with Gasteiger partial charge < -0.3 is 10.2 Å². The van der Waals surface area contributed by atoms with Crippen LogP contribution in [0.1, 0.15) is 12.5 Å². The molecule has 0 fully saturated rings. The van der Waals surface area contributed by atoms with Crippen molar-refractivity contribution >= 4 is 23.2 Å². The van der Waals surface area contributed by atoms with Crippen LogP contribution in [0.4, 0.5) is 5.69 Å². The first kappa shape index (κ1) is 15.4. The zero-order valence-corrected chi connectivity index (χ0v) is 12.8. The average molecular weight is 303 g/mol. The second kappa shape index (κ2) is 7.70. The molecule has 0 aliphatic heterocycles. The minimum Gasteiger partial charge on any atom is -0.363 e. The summed E-state index contributed by atoms with van der Waals surface area (Å²) in [5, 5.41) is 3.58. The fraction of sp³-hybridized carbons (Fsp3) is 0.235. The Bertz CT molecular complexity index is 586. The standard InChI is InChI=1S/C17H19ClN2O/c1-2-20(15-9-4-3-5-10-15)13-17(21)19-12-14-8-6-7-11-16(14)18/h3-11H,2,12-13H2,1H3,(H,19,21). The molecule has 0 radical (unpaired) electrons. The Balaban J connectivity index is 1.90. The van der Waals surface area contributed by atoms with Crippen molar-refractivity contribution in [3.8, 4) is 0 Å². The first-order chi connectivity index (χ1) is 10.2. The van der Waals surface area contributed by atoms with Crippen LogP contribution >= 0.6 is 11.6 Å². The fourth-order valence-corrected chi connectivity index (χ4v) is 2.29. The summed E-state index contributed by atoms with van der Waals surface area (Å²) in [5.41, 5.74) is 1.98. The third-order valence-electron chi connectivity index (χ3n) is 3.27. The third kappa shape index (κ3) is 4.50. The molecule has 0 aliphatic carbocycles. The van der Waals surface area contributed by atoms with Crippen LogP contribution in [0.5, 0.6) is 0 Å². The molecule has 0 atom stereocenters. The lowest BCUT2D eigenvalue weighted by Gasteiger charge is -2.22. The monoisotopic (exact) mass is 302 g/mol. The Hall–Kier alpha value is -2.00. The van der Waals surface area contributed by atoms with Gasteiger partial charge in [0.2, 0.25) is 5.91 Å². The van der Waals surface area contributed by atoms with Crippen molar-refractivity contribution in [2.75, 3.05) is 18.0 Å². The summed E-state index contributed by atoms with van der Waals surface area (Å²) in [6, 6.07) is 17.4. The molecule has 0 spiro atoms. The number of para-hydroxylation sites is 1. The Morgan fingerprint density at radius 3 is 2.43 bits per heavy atom. The zero-order valence-electron chi connectivity index (χ0n) is 12.1. The highest BCUT2D eigenvalue weighted by Gasteiger charge is 2.10. The van der Waals surface area contributed by atoms with Crippen LogP contribution in [0.3, 0.4) is 0 Å². The maximum atomic E-state index is 12.1. The summed E-state index contributed by atoms with van der Waals surface area (Å²) in [6.07, 6.45) is 0. The van der Waals surface area contributed by atoms with Crippen molar-refractivity contribution in [1.29, 1.82) is 0 Å². The first-order valence-corrected chi connectivity index (χ1v) is 7.38. The lowest BCUT2D eigenvalue weighted by Crippen LogP contribution is -2.37. The Morgan fingerprint density at radius 1 is 1.10 bits per heavy atom. The fourth-order valence-electron chi connectivity index (χ4n) is 2.09. The van der Waals surface area contributed by atoms with Crippen LogP contribution in [0.2, 0.25) is 5.02 Å². The molecule has 0 saturated heterocycles. The van der Waals surface area contributed by atoms with Gasteiger partial charge in [-0.05, 0) is 30.7 Å². The highest BCUT2D eigenvalue weighted by Crippen LogP contribution is 2.15. The molecule has 2 aromatic carbocycles. The van der Waals surface area contributed by atoms with Gasteiger partial charge in [-0.15, -0.1) is 0 Å². The molecule has 0 unspecified atom stereocenters. The van der Waals surface area contributed by atoms with Crippen molar-refractivity contribution in [3.63, 3.8) is 0 Å². The lowest BCUT2D eigenvalue weighted by atomic mass is 10.2. The normalized spacial score (nSPS) is 10.2. The minimum absolute atomic E-state index is 0.0133. The van der Waals surface area contributed by atoms with Gasteiger partial charge >= 0.3 is 0 Å². The average Bonchev–Trinajstić information content (AvgIpc) is 2.52. The molecule has 2 aromatic rings. The van der Waals surface area contributed by atoms with E-state index in [0.717, 1.165) is 17.8 Å². The van der Waals surface area contributed by atoms with Crippen molar-refractivity contribution in [3.05, 3.63) is 65.2 Å². The van der Waals surface area contributed by atoms with Gasteiger partial charge in [0.15, 0.2) is 0 Å². The van der Waals surface area contributed by atoms with Gasteiger partial charge in [-0.3, -0.25) is 4.79 Å². The van der Waals surface area contributed by atoms with E-state index in [4.69, 9.17) is 11.6 Å². The number of carbonyl (C=O) groups excluding carboxylic acids is 1. The molecule has 1 amide bonds. The number of anilines is 1. The number of hydrogen-bond acceptors (Lipinski definition) is 2. The number of likely N-dealkylation sites (N-methyl/N-ethyl adjacent to an activating group) is 1. The number of carbonyl (C=O) groups is 1. The summed E-state index contributed by atoms with van der Waals surface area (Å²) in [5.74, 6) is -0.0133. The van der Waals surface area contributed by atoms with Crippen LogP contribution in [-0.4, -0.2) is 19.0 Å². The Labute approximate surface area is 130 Å². The van der Waals surface area contributed by atoms with E-state index in [1.54, 1.807) is 0 Å². The molecule has 0 saturated carbocycles. The second-order valence-corrected chi connectivity index (χ2v) is 5.13. The molecule has 21 heavy (non-hydrogen) atoms. The van der Waals surface area contributed by atoms with Crippen molar-refractivity contribution in [2.24, 2.45) is 0 Å². The molecule has 0 bridgehead atoms. The van der Waals surface area contributed by atoms with Gasteiger partial charge in [0.1, 0.15) is 0 Å². The van der Waals surface area contributed by atoms with E-state index in [1.807, 2.05) is 66.4 Å². The van der Waals surface area contributed by atoms with E-state index in [-0.39, 0.29) is 5.91 Å². The summed E-state index contributed by atoms with van der Waals surface area (Å²) < 4.78 is 0. The van der Waals surface area contributed by atoms with Crippen molar-refractivity contribution in [1.82, 2.24) is 5.32 Å². The quantitative estimate of drug-likeness (QED) is 0.886. The largest absolute Gasteiger partial charge is 0.363 e. The maximum Gasteiger partial charge on any atom is 0.239 e. The van der Waals surface area contributed by atoms with E-state index in [2.05, 4.69) is 5.32 Å². The highest BCUT2D eigenvalue weighted by atomic mass is 35.5. The Kier molecular flexibility index (Phi) is 5.64. The Morgan fingerprint density at radius 2 is 1.76 bits per heavy atom. The van der Waals surface area contributed by atoms with Gasteiger partial charge in [-0.2, -0.15) is 0 Å². The summed E-state index contributed by atoms with van der Waals surface area (Å²) in [6.45, 7) is 3.60. The predicted molar refractivity (Wildman–Crippen MR) is 87.6 cm³/mol. The number of hydrogen-bond donors (Lipinski definition) is 1. The van der Waals surface area contributed by atoms with E-state index < -0.39 is 0 Å². The van der Waals surface area contributed by atoms with Gasteiger partial charge in [0.25, 0.3) is 0 Å². The predicted octanol–water partition coefficient (Wildman–Crippen LogP) is 3.48. The van der Waals surface area contributed by atoms with Crippen LogP contribution in [-0.2, 0) is 11.3 Å². The smallest absolute Gasteiger partial charge is 0.239 e. The van der Waals surface area contributed by atoms with Crippen molar-refractivity contribution in [2.45, 2.75) is 13.5 Å². The van der Waals surface area contributed by atoms with Gasteiger partial charge in [0, 0.05) is 23.8 Å². The van der Waals surface area contributed by atoms with Gasteiger partial charge in [0.05, 0.1) is 6.54 Å². The van der Waals surface area contributed by atoms with E-state index in [9.17, 15) is 4.79 Å². The number of amides is 1. The minimum atomic E-state index is -0.0133. The molecule has 4 heteroatoms. The zero-order chi connectivity index (χ0) is 15.1. The summed E-state index contributed by atoms with van der Waals surface area (Å²) in [4.78, 5) is 14.1. The molecule has 0 aliphatic rings.